The lowest BCUT2D eigenvalue weighted by Gasteiger charge is -2.03. The van der Waals surface area contributed by atoms with E-state index in [1.165, 1.54) is 6.07 Å². The molecule has 0 unspecified atom stereocenters. The highest BCUT2D eigenvalue weighted by molar-refractivity contribution is 6.30. The van der Waals surface area contributed by atoms with Crippen LogP contribution in [0, 0.1) is 0 Å². The Labute approximate surface area is 78.0 Å². The van der Waals surface area contributed by atoms with Gasteiger partial charge in [-0.1, -0.05) is 11.6 Å². The number of halogens is 5. The van der Waals surface area contributed by atoms with Gasteiger partial charge in [-0.2, -0.15) is 13.2 Å². The van der Waals surface area contributed by atoms with Gasteiger partial charge in [0.2, 0.25) is 0 Å². The van der Waals surface area contributed by atoms with Crippen LogP contribution in [0.15, 0.2) is 18.3 Å². The van der Waals surface area contributed by atoms with E-state index in [2.05, 4.69) is 4.98 Å². The smallest absolute Gasteiger partial charge is 0.252 e. The first kappa shape index (κ1) is 11.5. The van der Waals surface area contributed by atoms with Crippen LogP contribution >= 0.6 is 24.0 Å². The molecule has 0 amide bonds. The zero-order valence-electron chi connectivity index (χ0n) is 5.60. The van der Waals surface area contributed by atoms with Crippen molar-refractivity contribution >= 4 is 24.0 Å². The first-order valence-electron chi connectivity index (χ1n) is 2.69. The van der Waals surface area contributed by atoms with Crippen LogP contribution in [0.2, 0.25) is 5.02 Å². The van der Waals surface area contributed by atoms with Crippen molar-refractivity contribution < 1.29 is 13.2 Å². The standard InChI is InChI=1S/C6H3ClF3N.ClH/c7-4-1-2-11-5(3-4)6(8,9)10;/h1-3H;1H. The highest BCUT2D eigenvalue weighted by atomic mass is 35.5. The van der Waals surface area contributed by atoms with Gasteiger partial charge in [0.1, 0.15) is 5.69 Å². The molecular formula is C6H4Cl2F3N. The van der Waals surface area contributed by atoms with Gasteiger partial charge in [-0.05, 0) is 12.1 Å². The molecule has 0 atom stereocenters. The molecule has 12 heavy (non-hydrogen) atoms. The second-order valence-corrected chi connectivity index (χ2v) is 2.29. The molecule has 6 heteroatoms. The first-order chi connectivity index (χ1) is 5.00. The van der Waals surface area contributed by atoms with Crippen LogP contribution in [0.3, 0.4) is 0 Å². The van der Waals surface area contributed by atoms with Gasteiger partial charge in [0, 0.05) is 11.2 Å². The molecule has 0 aromatic carbocycles. The molecule has 0 fully saturated rings. The fourth-order valence-corrected chi connectivity index (χ4v) is 0.719. The fourth-order valence-electron chi connectivity index (χ4n) is 0.560. The van der Waals surface area contributed by atoms with Gasteiger partial charge < -0.3 is 0 Å². The summed E-state index contributed by atoms with van der Waals surface area (Å²) in [6.45, 7) is 0. The Bertz CT molecular complexity index is 261. The van der Waals surface area contributed by atoms with Crippen LogP contribution in [-0.4, -0.2) is 4.98 Å². The summed E-state index contributed by atoms with van der Waals surface area (Å²) in [5.41, 5.74) is -0.968. The van der Waals surface area contributed by atoms with Crippen molar-refractivity contribution in [3.63, 3.8) is 0 Å². The highest BCUT2D eigenvalue weighted by Crippen LogP contribution is 2.28. The molecule has 68 valence electrons. The van der Waals surface area contributed by atoms with Gasteiger partial charge in [0.15, 0.2) is 0 Å². The zero-order chi connectivity index (χ0) is 8.48. The van der Waals surface area contributed by atoms with E-state index in [9.17, 15) is 13.2 Å². The molecule has 0 bridgehead atoms. The quantitative estimate of drug-likeness (QED) is 0.651. The Kier molecular flexibility index (Phi) is 3.80. The minimum Gasteiger partial charge on any atom is -0.252 e. The van der Waals surface area contributed by atoms with Crippen molar-refractivity contribution in [2.24, 2.45) is 0 Å². The normalized spacial score (nSPS) is 10.7. The number of alkyl halides is 3. The molecule has 0 spiro atoms. The van der Waals surface area contributed by atoms with E-state index in [-0.39, 0.29) is 17.4 Å². The molecule has 1 rings (SSSR count). The van der Waals surface area contributed by atoms with E-state index in [0.29, 0.717) is 0 Å². The minimum absolute atomic E-state index is 0. The Morgan fingerprint density at radius 3 is 2.25 bits per heavy atom. The summed E-state index contributed by atoms with van der Waals surface area (Å²) in [5.74, 6) is 0. The van der Waals surface area contributed by atoms with E-state index >= 15 is 0 Å². The van der Waals surface area contributed by atoms with Gasteiger partial charge in [0.25, 0.3) is 0 Å². The third-order valence-corrected chi connectivity index (χ3v) is 1.25. The minimum atomic E-state index is -4.41. The first-order valence-corrected chi connectivity index (χ1v) is 3.07. The lowest BCUT2D eigenvalue weighted by molar-refractivity contribution is -0.141. The van der Waals surface area contributed by atoms with Crippen molar-refractivity contribution in [3.05, 3.63) is 29.0 Å². The summed E-state index contributed by atoms with van der Waals surface area (Å²) in [6, 6.07) is 2.07. The van der Waals surface area contributed by atoms with Crippen LogP contribution < -0.4 is 0 Å². The molecule has 0 N–H and O–H groups in total. The van der Waals surface area contributed by atoms with E-state index in [4.69, 9.17) is 11.6 Å². The van der Waals surface area contributed by atoms with Crippen LogP contribution in [0.25, 0.3) is 0 Å². The largest absolute Gasteiger partial charge is 0.433 e. The maximum atomic E-state index is 11.8. The topological polar surface area (TPSA) is 12.9 Å². The van der Waals surface area contributed by atoms with Crippen LogP contribution in [0.5, 0.6) is 0 Å². The predicted molar refractivity (Wildman–Crippen MR) is 41.5 cm³/mol. The molecule has 0 aliphatic heterocycles. The van der Waals surface area contributed by atoms with Crippen LogP contribution in [-0.2, 0) is 6.18 Å². The number of hydrogen-bond donors (Lipinski definition) is 0. The number of rotatable bonds is 0. The number of nitrogens with zero attached hydrogens (tertiary/aromatic N) is 1. The van der Waals surface area contributed by atoms with Crippen molar-refractivity contribution in [2.75, 3.05) is 0 Å². The maximum Gasteiger partial charge on any atom is 0.433 e. The molecule has 1 aromatic rings. The van der Waals surface area contributed by atoms with Gasteiger partial charge >= 0.3 is 6.18 Å². The second-order valence-electron chi connectivity index (χ2n) is 1.86. The van der Waals surface area contributed by atoms with Gasteiger partial charge in [-0.25, -0.2) is 0 Å². The van der Waals surface area contributed by atoms with Crippen LogP contribution in [0.1, 0.15) is 5.69 Å². The van der Waals surface area contributed by atoms with E-state index in [1.54, 1.807) is 0 Å². The average Bonchev–Trinajstić information content (AvgIpc) is 1.86. The predicted octanol–water partition coefficient (Wildman–Crippen LogP) is 3.18. The summed E-state index contributed by atoms with van der Waals surface area (Å²) in [5, 5.41) is 0.0346. The lowest BCUT2D eigenvalue weighted by Crippen LogP contribution is -2.06. The average molecular weight is 218 g/mol. The molecule has 1 heterocycles. The van der Waals surface area contributed by atoms with E-state index in [0.717, 1.165) is 12.3 Å². The molecule has 0 radical (unpaired) electrons. The summed E-state index contributed by atoms with van der Waals surface area (Å²) in [7, 11) is 0. The van der Waals surface area contributed by atoms with E-state index in [1.807, 2.05) is 0 Å². The monoisotopic (exact) mass is 217 g/mol. The van der Waals surface area contributed by atoms with Crippen molar-refractivity contribution in [1.29, 1.82) is 0 Å². The van der Waals surface area contributed by atoms with Crippen molar-refractivity contribution in [2.45, 2.75) is 6.18 Å². The van der Waals surface area contributed by atoms with Gasteiger partial charge in [0.05, 0.1) is 0 Å². The molecule has 1 nitrogen and oxygen atoms in total. The lowest BCUT2D eigenvalue weighted by atomic mass is 10.3. The summed E-state index contributed by atoms with van der Waals surface area (Å²) < 4.78 is 35.5. The number of aromatic nitrogens is 1. The Morgan fingerprint density at radius 2 is 1.92 bits per heavy atom. The Morgan fingerprint density at radius 1 is 1.33 bits per heavy atom. The highest BCUT2D eigenvalue weighted by Gasteiger charge is 2.32. The molecule has 0 aliphatic carbocycles. The number of hydrogen-bond acceptors (Lipinski definition) is 1. The second kappa shape index (κ2) is 3.96. The molecule has 1 aromatic heterocycles. The SMILES string of the molecule is Cl.FC(F)(F)c1cc(Cl)ccn1. The van der Waals surface area contributed by atoms with E-state index < -0.39 is 11.9 Å². The number of pyridine rings is 1. The summed E-state index contributed by atoms with van der Waals surface area (Å²) >= 11 is 5.31. The third kappa shape index (κ3) is 2.87. The third-order valence-electron chi connectivity index (χ3n) is 1.01. The Hall–Kier alpha value is -0.480. The van der Waals surface area contributed by atoms with Crippen molar-refractivity contribution in [3.8, 4) is 0 Å². The van der Waals surface area contributed by atoms with Gasteiger partial charge in [-0.15, -0.1) is 12.4 Å². The molecule has 0 saturated heterocycles. The summed E-state index contributed by atoms with van der Waals surface area (Å²) in [6.07, 6.45) is -3.39. The van der Waals surface area contributed by atoms with Crippen LogP contribution in [0.4, 0.5) is 13.2 Å². The molecule has 0 saturated carbocycles. The molecular weight excluding hydrogens is 214 g/mol. The summed E-state index contributed by atoms with van der Waals surface area (Å²) in [4.78, 5) is 3.10. The molecule has 0 aliphatic rings. The van der Waals surface area contributed by atoms with Crippen molar-refractivity contribution in [1.82, 2.24) is 4.98 Å². The maximum absolute atomic E-state index is 11.8. The Balaban J connectivity index is 0.00000121. The van der Waals surface area contributed by atoms with Gasteiger partial charge in [-0.3, -0.25) is 4.98 Å². The zero-order valence-corrected chi connectivity index (χ0v) is 7.17. The fraction of sp³-hybridized carbons (Fsp3) is 0.167.